The Kier molecular flexibility index (Phi) is 2.81. The molecule has 0 radical (unpaired) electrons. The van der Waals surface area contributed by atoms with Crippen LogP contribution in [0.3, 0.4) is 0 Å². The quantitative estimate of drug-likeness (QED) is 0.779. The molecular weight excluding hydrogens is 270 g/mol. The molecule has 0 aliphatic carbocycles. The van der Waals surface area contributed by atoms with Gasteiger partial charge < -0.3 is 10.1 Å². The van der Waals surface area contributed by atoms with Gasteiger partial charge in [-0.05, 0) is 23.9 Å². The van der Waals surface area contributed by atoms with Crippen molar-refractivity contribution < 1.29 is 0 Å². The SMILES string of the molecule is Nc1cn2ccnc2c(Sc2ncccc2Cl)n1. The van der Waals surface area contributed by atoms with E-state index in [1.165, 1.54) is 11.8 Å². The number of nitrogens with zero attached hydrogens (tertiary/aromatic N) is 4. The molecule has 0 amide bonds. The van der Waals surface area contributed by atoms with Crippen molar-refractivity contribution in [2.24, 2.45) is 0 Å². The number of aromatic nitrogens is 4. The van der Waals surface area contributed by atoms with Crippen LogP contribution in [-0.4, -0.2) is 19.4 Å². The van der Waals surface area contributed by atoms with Crippen molar-refractivity contribution in [3.63, 3.8) is 0 Å². The summed E-state index contributed by atoms with van der Waals surface area (Å²) in [6, 6.07) is 3.57. The van der Waals surface area contributed by atoms with Crippen molar-refractivity contribution in [2.75, 3.05) is 5.73 Å². The highest BCUT2D eigenvalue weighted by atomic mass is 35.5. The first-order valence-electron chi connectivity index (χ1n) is 5.11. The van der Waals surface area contributed by atoms with Gasteiger partial charge in [-0.15, -0.1) is 0 Å². The smallest absolute Gasteiger partial charge is 0.170 e. The van der Waals surface area contributed by atoms with Gasteiger partial charge in [-0.2, -0.15) is 0 Å². The third kappa shape index (κ3) is 2.00. The number of hydrogen-bond acceptors (Lipinski definition) is 5. The highest BCUT2D eigenvalue weighted by Crippen LogP contribution is 2.32. The lowest BCUT2D eigenvalue weighted by molar-refractivity contribution is 1.03. The van der Waals surface area contributed by atoms with Gasteiger partial charge in [0, 0.05) is 18.6 Å². The molecule has 0 aliphatic heterocycles. The van der Waals surface area contributed by atoms with E-state index in [1.54, 1.807) is 30.7 Å². The second-order valence-corrected chi connectivity index (χ2v) is 4.91. The van der Waals surface area contributed by atoms with Gasteiger partial charge in [0.2, 0.25) is 0 Å². The van der Waals surface area contributed by atoms with E-state index < -0.39 is 0 Å². The summed E-state index contributed by atoms with van der Waals surface area (Å²) in [7, 11) is 0. The molecule has 3 rings (SSSR count). The molecule has 3 heterocycles. The Labute approximate surface area is 112 Å². The van der Waals surface area contributed by atoms with E-state index in [9.17, 15) is 0 Å². The third-order valence-corrected chi connectivity index (χ3v) is 3.68. The van der Waals surface area contributed by atoms with E-state index in [-0.39, 0.29) is 0 Å². The van der Waals surface area contributed by atoms with Gasteiger partial charge in [-0.1, -0.05) is 11.6 Å². The van der Waals surface area contributed by atoms with Crippen molar-refractivity contribution in [3.05, 3.63) is 41.9 Å². The van der Waals surface area contributed by atoms with Crippen LogP contribution in [0.15, 0.2) is 47.0 Å². The molecule has 90 valence electrons. The molecule has 7 heteroatoms. The van der Waals surface area contributed by atoms with E-state index in [0.29, 0.717) is 20.9 Å². The van der Waals surface area contributed by atoms with Crippen LogP contribution in [0.25, 0.3) is 5.65 Å². The van der Waals surface area contributed by atoms with Crippen LogP contribution in [0, 0.1) is 0 Å². The molecule has 18 heavy (non-hydrogen) atoms. The fourth-order valence-corrected chi connectivity index (χ4v) is 2.63. The molecule has 0 aromatic carbocycles. The lowest BCUT2D eigenvalue weighted by atomic mass is 10.5. The summed E-state index contributed by atoms with van der Waals surface area (Å²) in [6.07, 6.45) is 6.91. The van der Waals surface area contributed by atoms with Gasteiger partial charge in [0.25, 0.3) is 0 Å². The van der Waals surface area contributed by atoms with Crippen LogP contribution in [-0.2, 0) is 0 Å². The van der Waals surface area contributed by atoms with E-state index in [1.807, 2.05) is 10.6 Å². The number of pyridine rings is 1. The van der Waals surface area contributed by atoms with Crippen LogP contribution in [0.2, 0.25) is 5.02 Å². The minimum Gasteiger partial charge on any atom is -0.382 e. The molecule has 5 nitrogen and oxygen atoms in total. The van der Waals surface area contributed by atoms with Crippen molar-refractivity contribution in [1.82, 2.24) is 19.4 Å². The van der Waals surface area contributed by atoms with Gasteiger partial charge in [0.1, 0.15) is 15.9 Å². The lowest BCUT2D eigenvalue weighted by Gasteiger charge is -2.04. The fourth-order valence-electron chi connectivity index (χ4n) is 1.53. The Morgan fingerprint density at radius 1 is 1.22 bits per heavy atom. The maximum atomic E-state index is 6.07. The van der Waals surface area contributed by atoms with Gasteiger partial charge in [-0.25, -0.2) is 15.0 Å². The van der Waals surface area contributed by atoms with E-state index in [0.717, 1.165) is 5.65 Å². The maximum absolute atomic E-state index is 6.07. The first-order valence-corrected chi connectivity index (χ1v) is 6.31. The Morgan fingerprint density at radius 2 is 2.11 bits per heavy atom. The van der Waals surface area contributed by atoms with Crippen molar-refractivity contribution in [1.29, 1.82) is 0 Å². The first kappa shape index (κ1) is 11.3. The maximum Gasteiger partial charge on any atom is 0.170 e. The van der Waals surface area contributed by atoms with Crippen LogP contribution in [0.1, 0.15) is 0 Å². The summed E-state index contributed by atoms with van der Waals surface area (Å²) < 4.78 is 1.82. The van der Waals surface area contributed by atoms with Crippen molar-refractivity contribution >= 4 is 34.8 Å². The molecule has 0 aliphatic rings. The molecule has 0 fully saturated rings. The van der Waals surface area contributed by atoms with Crippen LogP contribution in [0.5, 0.6) is 0 Å². The topological polar surface area (TPSA) is 69.1 Å². The summed E-state index contributed by atoms with van der Waals surface area (Å²) in [5, 5.41) is 1.94. The zero-order valence-corrected chi connectivity index (χ0v) is 10.7. The number of anilines is 1. The molecule has 3 aromatic rings. The fraction of sp³-hybridized carbons (Fsp3) is 0. The van der Waals surface area contributed by atoms with Gasteiger partial charge in [0.05, 0.1) is 11.2 Å². The standard InChI is InChI=1S/C11H8ClN5S/c12-7-2-1-3-15-10(7)18-11-9-14-4-5-17(9)6-8(13)16-11/h1-6H,13H2. The molecule has 0 spiro atoms. The Hall–Kier alpha value is -1.79. The minimum absolute atomic E-state index is 0.426. The predicted octanol–water partition coefficient (Wildman–Crippen LogP) is 2.51. The van der Waals surface area contributed by atoms with Gasteiger partial charge >= 0.3 is 0 Å². The largest absolute Gasteiger partial charge is 0.382 e. The number of hydrogen-bond donors (Lipinski definition) is 1. The number of rotatable bonds is 2. The molecule has 3 aromatic heterocycles. The third-order valence-electron chi connectivity index (χ3n) is 2.28. The van der Waals surface area contributed by atoms with Crippen molar-refractivity contribution in [3.8, 4) is 0 Å². The second-order valence-electron chi connectivity index (χ2n) is 3.52. The molecule has 0 atom stereocenters. The normalized spacial score (nSPS) is 10.9. The molecular formula is C11H8ClN5S. The summed E-state index contributed by atoms with van der Waals surface area (Å²) in [5.74, 6) is 0.426. The van der Waals surface area contributed by atoms with Crippen LogP contribution < -0.4 is 5.73 Å². The number of imidazole rings is 1. The van der Waals surface area contributed by atoms with Crippen LogP contribution in [0.4, 0.5) is 5.82 Å². The molecule has 2 N–H and O–H groups in total. The molecule has 0 saturated heterocycles. The Balaban J connectivity index is 2.10. The highest BCUT2D eigenvalue weighted by Gasteiger charge is 2.11. The minimum atomic E-state index is 0.426. The Bertz CT molecular complexity index is 711. The van der Waals surface area contributed by atoms with Gasteiger partial charge in [0.15, 0.2) is 5.65 Å². The van der Waals surface area contributed by atoms with Gasteiger partial charge in [-0.3, -0.25) is 0 Å². The lowest BCUT2D eigenvalue weighted by Crippen LogP contribution is -1.97. The molecule has 0 bridgehead atoms. The van der Waals surface area contributed by atoms with Crippen molar-refractivity contribution in [2.45, 2.75) is 10.1 Å². The Morgan fingerprint density at radius 3 is 2.94 bits per heavy atom. The predicted molar refractivity (Wildman–Crippen MR) is 70.8 cm³/mol. The summed E-state index contributed by atoms with van der Waals surface area (Å²) in [5.41, 5.74) is 6.48. The van der Waals surface area contributed by atoms with E-state index >= 15 is 0 Å². The monoisotopic (exact) mass is 277 g/mol. The van der Waals surface area contributed by atoms with E-state index in [2.05, 4.69) is 15.0 Å². The first-order chi connectivity index (χ1) is 8.74. The molecule has 0 saturated carbocycles. The number of nitrogen functional groups attached to an aromatic ring is 1. The number of halogens is 1. The zero-order valence-electron chi connectivity index (χ0n) is 9.12. The molecule has 0 unspecified atom stereocenters. The summed E-state index contributed by atoms with van der Waals surface area (Å²) >= 11 is 7.41. The average Bonchev–Trinajstić information content (AvgIpc) is 2.80. The number of nitrogens with two attached hydrogens (primary N) is 1. The number of fused-ring (bicyclic) bond motifs is 1. The van der Waals surface area contributed by atoms with E-state index in [4.69, 9.17) is 17.3 Å². The highest BCUT2D eigenvalue weighted by molar-refractivity contribution is 7.99. The zero-order chi connectivity index (χ0) is 12.5. The summed E-state index contributed by atoms with van der Waals surface area (Å²) in [6.45, 7) is 0. The average molecular weight is 278 g/mol. The second kappa shape index (κ2) is 4.47. The summed E-state index contributed by atoms with van der Waals surface area (Å²) in [4.78, 5) is 12.7. The van der Waals surface area contributed by atoms with Crippen LogP contribution >= 0.6 is 23.4 Å².